The number of anilines is 1. The molecular formula is C22H14BrN3S. The first-order valence-corrected chi connectivity index (χ1v) is 9.98. The third-order valence-corrected chi connectivity index (χ3v) is 5.51. The molecule has 27 heavy (non-hydrogen) atoms. The minimum Gasteiger partial charge on any atom is -0.360 e. The Morgan fingerprint density at radius 1 is 1.07 bits per heavy atom. The summed E-state index contributed by atoms with van der Waals surface area (Å²) in [5, 5.41) is 17.8. The van der Waals surface area contributed by atoms with Crippen molar-refractivity contribution in [3.8, 4) is 17.3 Å². The fourth-order valence-electron chi connectivity index (χ4n) is 2.82. The lowest BCUT2D eigenvalue weighted by Gasteiger charge is -2.06. The van der Waals surface area contributed by atoms with Crippen LogP contribution in [0.4, 0.5) is 5.69 Å². The number of halogens is 1. The van der Waals surface area contributed by atoms with Crippen LogP contribution in [0.25, 0.3) is 27.6 Å². The first-order chi connectivity index (χ1) is 13.2. The van der Waals surface area contributed by atoms with Gasteiger partial charge in [-0.2, -0.15) is 5.26 Å². The Kier molecular flexibility index (Phi) is 5.01. The van der Waals surface area contributed by atoms with Gasteiger partial charge in [0.1, 0.15) is 16.6 Å². The second kappa shape index (κ2) is 7.75. The Morgan fingerprint density at radius 2 is 1.89 bits per heavy atom. The van der Waals surface area contributed by atoms with Crippen molar-refractivity contribution in [1.29, 1.82) is 5.26 Å². The highest BCUT2D eigenvalue weighted by atomic mass is 79.9. The molecule has 1 aromatic heterocycles. The number of nitriles is 1. The summed E-state index contributed by atoms with van der Waals surface area (Å²) in [4.78, 5) is 4.63. The van der Waals surface area contributed by atoms with Crippen LogP contribution in [0.2, 0.25) is 0 Å². The Hall–Kier alpha value is -2.94. The van der Waals surface area contributed by atoms with E-state index >= 15 is 0 Å². The summed E-state index contributed by atoms with van der Waals surface area (Å²) in [5.41, 5.74) is 3.35. The maximum atomic E-state index is 9.60. The minimum absolute atomic E-state index is 0.509. The van der Waals surface area contributed by atoms with Crippen LogP contribution in [0, 0.1) is 11.3 Å². The summed E-state index contributed by atoms with van der Waals surface area (Å²) in [6.07, 6.45) is 1.73. The van der Waals surface area contributed by atoms with E-state index < -0.39 is 0 Å². The van der Waals surface area contributed by atoms with Gasteiger partial charge in [0.2, 0.25) is 0 Å². The number of fused-ring (bicyclic) bond motifs is 1. The lowest BCUT2D eigenvalue weighted by Crippen LogP contribution is -1.92. The molecule has 0 aliphatic rings. The quantitative estimate of drug-likeness (QED) is 0.365. The van der Waals surface area contributed by atoms with E-state index in [9.17, 15) is 5.26 Å². The molecule has 4 rings (SSSR count). The maximum absolute atomic E-state index is 9.60. The van der Waals surface area contributed by atoms with Crippen LogP contribution >= 0.6 is 27.3 Å². The van der Waals surface area contributed by atoms with Gasteiger partial charge in [0, 0.05) is 32.7 Å². The number of rotatable bonds is 4. The molecule has 0 atom stereocenters. The second-order valence-corrected chi connectivity index (χ2v) is 7.66. The van der Waals surface area contributed by atoms with E-state index in [0.29, 0.717) is 10.6 Å². The van der Waals surface area contributed by atoms with Crippen LogP contribution in [0.5, 0.6) is 0 Å². The van der Waals surface area contributed by atoms with Crippen molar-refractivity contribution in [3.63, 3.8) is 0 Å². The molecule has 0 saturated heterocycles. The maximum Gasteiger partial charge on any atom is 0.136 e. The zero-order chi connectivity index (χ0) is 18.6. The zero-order valence-corrected chi connectivity index (χ0v) is 16.6. The van der Waals surface area contributed by atoms with E-state index in [0.717, 1.165) is 32.2 Å². The summed E-state index contributed by atoms with van der Waals surface area (Å²) in [6.45, 7) is 0. The first-order valence-electron chi connectivity index (χ1n) is 8.31. The van der Waals surface area contributed by atoms with E-state index in [4.69, 9.17) is 0 Å². The predicted molar refractivity (Wildman–Crippen MR) is 116 cm³/mol. The van der Waals surface area contributed by atoms with Crippen molar-refractivity contribution < 1.29 is 0 Å². The van der Waals surface area contributed by atoms with Gasteiger partial charge in [-0.25, -0.2) is 4.98 Å². The largest absolute Gasteiger partial charge is 0.360 e. The first kappa shape index (κ1) is 17.5. The van der Waals surface area contributed by atoms with Crippen LogP contribution < -0.4 is 5.32 Å². The predicted octanol–water partition coefficient (Wildman–Crippen LogP) is 6.70. The van der Waals surface area contributed by atoms with Gasteiger partial charge in [-0.1, -0.05) is 64.5 Å². The molecule has 5 heteroatoms. The summed E-state index contributed by atoms with van der Waals surface area (Å²) < 4.78 is 1.00. The standard InChI is InChI=1S/C22H14BrN3S/c23-18-8-3-7-16(11-18)21-14-27-22(26-21)17(12-24)13-25-20-10-4-6-15-5-1-2-9-19(15)20/h1-11,13-14,25H/b17-13+. The monoisotopic (exact) mass is 431 g/mol. The summed E-state index contributed by atoms with van der Waals surface area (Å²) in [5.74, 6) is 0. The SMILES string of the molecule is N#C/C(=C\Nc1cccc2ccccc12)c1nc(-c2cccc(Br)c2)cs1. The molecule has 0 unspecified atom stereocenters. The lowest BCUT2D eigenvalue weighted by molar-refractivity contribution is 1.36. The average molecular weight is 432 g/mol. The minimum atomic E-state index is 0.509. The molecule has 0 aliphatic carbocycles. The Bertz CT molecular complexity index is 1180. The van der Waals surface area contributed by atoms with Crippen molar-refractivity contribution in [2.45, 2.75) is 0 Å². The van der Waals surface area contributed by atoms with Crippen molar-refractivity contribution in [3.05, 3.63) is 87.8 Å². The average Bonchev–Trinajstić information content (AvgIpc) is 3.19. The molecule has 3 nitrogen and oxygen atoms in total. The van der Waals surface area contributed by atoms with Gasteiger partial charge in [-0.3, -0.25) is 0 Å². The number of hydrogen-bond donors (Lipinski definition) is 1. The molecule has 0 radical (unpaired) electrons. The fraction of sp³-hybridized carbons (Fsp3) is 0. The number of benzene rings is 3. The van der Waals surface area contributed by atoms with Crippen molar-refractivity contribution >= 4 is 49.3 Å². The van der Waals surface area contributed by atoms with Gasteiger partial charge in [0.05, 0.1) is 5.69 Å². The molecule has 0 saturated carbocycles. The van der Waals surface area contributed by atoms with E-state index in [1.807, 2.05) is 53.9 Å². The van der Waals surface area contributed by atoms with Crippen LogP contribution in [0.1, 0.15) is 5.01 Å². The van der Waals surface area contributed by atoms with Gasteiger partial charge < -0.3 is 5.32 Å². The highest BCUT2D eigenvalue weighted by molar-refractivity contribution is 9.10. The number of nitrogens with zero attached hydrogens (tertiary/aromatic N) is 2. The smallest absolute Gasteiger partial charge is 0.136 e. The molecule has 130 valence electrons. The van der Waals surface area contributed by atoms with Gasteiger partial charge in [0.15, 0.2) is 0 Å². The van der Waals surface area contributed by atoms with Crippen LogP contribution in [0.3, 0.4) is 0 Å². The summed E-state index contributed by atoms with van der Waals surface area (Å²) in [7, 11) is 0. The Labute approximate surface area is 169 Å². The molecule has 0 aliphatic heterocycles. The molecule has 0 amide bonds. The van der Waals surface area contributed by atoms with Crippen molar-refractivity contribution in [1.82, 2.24) is 4.98 Å². The molecule has 1 heterocycles. The second-order valence-electron chi connectivity index (χ2n) is 5.89. The summed E-state index contributed by atoms with van der Waals surface area (Å²) in [6, 6.07) is 24.5. The van der Waals surface area contributed by atoms with Crippen molar-refractivity contribution in [2.24, 2.45) is 0 Å². The number of aromatic nitrogens is 1. The third-order valence-electron chi connectivity index (χ3n) is 4.14. The third kappa shape index (κ3) is 3.77. The van der Waals surface area contributed by atoms with E-state index in [1.54, 1.807) is 6.20 Å². The van der Waals surface area contributed by atoms with Crippen LogP contribution in [-0.4, -0.2) is 4.98 Å². The molecule has 1 N–H and O–H groups in total. The number of thiazole rings is 1. The van der Waals surface area contributed by atoms with Gasteiger partial charge >= 0.3 is 0 Å². The summed E-state index contributed by atoms with van der Waals surface area (Å²) >= 11 is 4.95. The zero-order valence-electron chi connectivity index (χ0n) is 14.2. The number of hydrogen-bond acceptors (Lipinski definition) is 4. The van der Waals surface area contributed by atoms with Gasteiger partial charge in [-0.15, -0.1) is 11.3 Å². The van der Waals surface area contributed by atoms with Crippen LogP contribution in [0.15, 0.2) is 82.8 Å². The normalized spacial score (nSPS) is 11.3. The highest BCUT2D eigenvalue weighted by Gasteiger charge is 2.09. The van der Waals surface area contributed by atoms with Gasteiger partial charge in [0.25, 0.3) is 0 Å². The molecule has 0 spiro atoms. The molecule has 0 fully saturated rings. The molecular weight excluding hydrogens is 418 g/mol. The molecule has 0 bridgehead atoms. The number of nitrogens with one attached hydrogen (secondary N) is 1. The topological polar surface area (TPSA) is 48.7 Å². The Balaban J connectivity index is 1.63. The fourth-order valence-corrected chi connectivity index (χ4v) is 4.01. The molecule has 4 aromatic rings. The van der Waals surface area contributed by atoms with E-state index in [2.05, 4.69) is 50.5 Å². The number of allylic oxidation sites excluding steroid dienone is 1. The lowest BCUT2D eigenvalue weighted by atomic mass is 10.1. The van der Waals surface area contributed by atoms with E-state index in [-0.39, 0.29) is 0 Å². The molecule has 3 aromatic carbocycles. The highest BCUT2D eigenvalue weighted by Crippen LogP contribution is 2.28. The van der Waals surface area contributed by atoms with Crippen LogP contribution in [-0.2, 0) is 0 Å². The van der Waals surface area contributed by atoms with Gasteiger partial charge in [-0.05, 0) is 23.6 Å². The van der Waals surface area contributed by atoms with E-state index in [1.165, 1.54) is 11.3 Å². The van der Waals surface area contributed by atoms with Crippen molar-refractivity contribution in [2.75, 3.05) is 5.32 Å². The Morgan fingerprint density at radius 3 is 2.74 bits per heavy atom.